The number of nitrogens with one attached hydrogen (secondary N) is 1. The minimum Gasteiger partial charge on any atom is -0.494 e. The summed E-state index contributed by atoms with van der Waals surface area (Å²) in [5.41, 5.74) is 0.993. The number of rotatable bonds is 5. The predicted molar refractivity (Wildman–Crippen MR) is 57.0 cm³/mol. The first-order chi connectivity index (χ1) is 6.81. The molecule has 0 spiro atoms. The monoisotopic (exact) mass is 211 g/mol. The molecule has 76 valence electrons. The fraction of sp³-hybridized carbons (Fsp3) is 0.400. The molecule has 0 radical (unpaired) electrons. The number of hydrogen-bond donors (Lipinski definition) is 1. The van der Waals surface area contributed by atoms with Crippen molar-refractivity contribution in [1.29, 1.82) is 0 Å². The summed E-state index contributed by atoms with van der Waals surface area (Å²) < 4.78 is 16.1. The van der Waals surface area contributed by atoms with Gasteiger partial charge in [0.25, 0.3) is 0 Å². The molecule has 1 unspecified atom stereocenters. The average Bonchev–Trinajstić information content (AvgIpc) is 2.23. The van der Waals surface area contributed by atoms with Gasteiger partial charge in [-0.15, -0.1) is 0 Å². The van der Waals surface area contributed by atoms with E-state index in [2.05, 4.69) is 5.32 Å². The Morgan fingerprint density at radius 2 is 2.07 bits per heavy atom. The molecule has 1 aromatic rings. The lowest BCUT2D eigenvalue weighted by Crippen LogP contribution is -2.09. The van der Waals surface area contributed by atoms with E-state index in [1.165, 1.54) is 0 Å². The second kappa shape index (κ2) is 5.74. The van der Waals surface area contributed by atoms with Crippen LogP contribution >= 0.6 is 8.46 Å². The van der Waals surface area contributed by atoms with E-state index in [0.29, 0.717) is 6.61 Å². The molecule has 0 saturated carbocycles. The van der Waals surface area contributed by atoms with E-state index >= 15 is 0 Å². The van der Waals surface area contributed by atoms with Crippen LogP contribution in [-0.4, -0.2) is 13.7 Å². The Kier molecular flexibility index (Phi) is 4.57. The van der Waals surface area contributed by atoms with Crippen molar-refractivity contribution in [2.45, 2.75) is 12.7 Å². The fourth-order valence-corrected chi connectivity index (χ4v) is 1.59. The Hall–Kier alpha value is -0.920. The van der Waals surface area contributed by atoms with Gasteiger partial charge in [0.15, 0.2) is 8.46 Å². The normalized spacial score (nSPS) is 12.7. The fourth-order valence-electron chi connectivity index (χ4n) is 1.19. The molecule has 0 aliphatic heterocycles. The molecule has 1 rings (SSSR count). The topological polar surface area (TPSA) is 38.3 Å². The van der Waals surface area contributed by atoms with Crippen molar-refractivity contribution in [2.75, 3.05) is 13.7 Å². The largest absolute Gasteiger partial charge is 0.494 e. The van der Waals surface area contributed by atoms with E-state index in [1.54, 1.807) is 7.05 Å². The third-order valence-electron chi connectivity index (χ3n) is 1.89. The molecule has 14 heavy (non-hydrogen) atoms. The lowest BCUT2D eigenvalue weighted by Gasteiger charge is -2.09. The van der Waals surface area contributed by atoms with Crippen LogP contribution in [0.15, 0.2) is 24.3 Å². The van der Waals surface area contributed by atoms with Crippen molar-refractivity contribution in [3.63, 3.8) is 0 Å². The maximum atomic E-state index is 10.8. The van der Waals surface area contributed by atoms with Gasteiger partial charge in [-0.1, -0.05) is 12.1 Å². The van der Waals surface area contributed by atoms with Gasteiger partial charge < -0.3 is 10.1 Å². The van der Waals surface area contributed by atoms with Crippen molar-refractivity contribution >= 4 is 8.46 Å². The molecule has 0 heterocycles. The van der Waals surface area contributed by atoms with Crippen molar-refractivity contribution in [3.8, 4) is 5.75 Å². The van der Waals surface area contributed by atoms with Crippen molar-refractivity contribution in [1.82, 2.24) is 5.32 Å². The van der Waals surface area contributed by atoms with E-state index in [4.69, 9.17) is 4.74 Å². The number of benzene rings is 1. The maximum absolute atomic E-state index is 10.8. The van der Waals surface area contributed by atoms with Crippen LogP contribution in [0.5, 0.6) is 5.75 Å². The predicted octanol–water partition coefficient (Wildman–Crippen LogP) is 2.60. The molecular weight excluding hydrogens is 197 g/mol. The Morgan fingerprint density at radius 3 is 2.50 bits per heavy atom. The highest BCUT2D eigenvalue weighted by molar-refractivity contribution is 7.24. The average molecular weight is 211 g/mol. The summed E-state index contributed by atoms with van der Waals surface area (Å²) in [6.07, 6.45) is 0. The van der Waals surface area contributed by atoms with Crippen LogP contribution in [0.4, 0.5) is 0 Å². The lowest BCUT2D eigenvalue weighted by molar-refractivity contribution is 0.340. The highest BCUT2D eigenvalue weighted by Gasteiger charge is 2.07. The Morgan fingerprint density at radius 1 is 1.43 bits per heavy atom. The van der Waals surface area contributed by atoms with Crippen LogP contribution in [-0.2, 0) is 4.57 Å². The molecule has 0 fully saturated rings. The van der Waals surface area contributed by atoms with E-state index in [-0.39, 0.29) is 14.2 Å². The first-order valence-electron chi connectivity index (χ1n) is 4.54. The van der Waals surface area contributed by atoms with Gasteiger partial charge in [-0.05, 0) is 31.7 Å². The quantitative estimate of drug-likeness (QED) is 0.761. The molecule has 4 heteroatoms. The van der Waals surface area contributed by atoms with Crippen LogP contribution in [0, 0.1) is 0 Å². The van der Waals surface area contributed by atoms with Crippen LogP contribution in [0.25, 0.3) is 0 Å². The van der Waals surface area contributed by atoms with E-state index in [1.807, 2.05) is 31.2 Å². The Labute approximate surface area is 85.7 Å². The standard InChI is InChI=1S/C10H14NO2P/c1-3-13-9-6-4-8(5-7-9)10(11-2)14-12/h4-7,10-11H,3H2,1-2H3. The van der Waals surface area contributed by atoms with Gasteiger partial charge in [-0.2, -0.15) is 0 Å². The smallest absolute Gasteiger partial charge is 0.179 e. The van der Waals surface area contributed by atoms with Gasteiger partial charge >= 0.3 is 0 Å². The van der Waals surface area contributed by atoms with Gasteiger partial charge in [0.2, 0.25) is 0 Å². The molecule has 0 bridgehead atoms. The molecule has 0 aromatic heterocycles. The Bertz CT molecular complexity index is 287. The van der Waals surface area contributed by atoms with Crippen LogP contribution in [0.3, 0.4) is 0 Å². The third-order valence-corrected chi connectivity index (χ3v) is 2.65. The van der Waals surface area contributed by atoms with Crippen molar-refractivity contribution in [2.24, 2.45) is 0 Å². The first-order valence-corrected chi connectivity index (χ1v) is 5.42. The van der Waals surface area contributed by atoms with E-state index < -0.39 is 0 Å². The summed E-state index contributed by atoms with van der Waals surface area (Å²) in [6, 6.07) is 7.59. The summed E-state index contributed by atoms with van der Waals surface area (Å²) in [4.78, 5) is 0. The van der Waals surface area contributed by atoms with Gasteiger partial charge in [-0.3, -0.25) is 4.57 Å². The van der Waals surface area contributed by atoms with E-state index in [9.17, 15) is 4.57 Å². The molecule has 0 aliphatic carbocycles. The SMILES string of the molecule is CCOc1ccc(C(NC)P=O)cc1. The highest BCUT2D eigenvalue weighted by atomic mass is 31.1. The van der Waals surface area contributed by atoms with Gasteiger partial charge in [-0.25, -0.2) is 0 Å². The van der Waals surface area contributed by atoms with E-state index in [0.717, 1.165) is 11.3 Å². The lowest BCUT2D eigenvalue weighted by atomic mass is 10.2. The zero-order valence-corrected chi connectivity index (χ0v) is 9.25. The minimum atomic E-state index is -0.134. The van der Waals surface area contributed by atoms with Crippen LogP contribution < -0.4 is 10.1 Å². The van der Waals surface area contributed by atoms with Crippen molar-refractivity contribution in [3.05, 3.63) is 29.8 Å². The number of hydrogen-bond acceptors (Lipinski definition) is 3. The molecular formula is C10H14NO2P. The molecule has 0 saturated heterocycles. The summed E-state index contributed by atoms with van der Waals surface area (Å²) in [7, 11) is 1.86. The molecule has 1 atom stereocenters. The minimum absolute atomic E-state index is 0.0812. The molecule has 0 aliphatic rings. The summed E-state index contributed by atoms with van der Waals surface area (Å²) >= 11 is 0. The molecule has 3 nitrogen and oxygen atoms in total. The second-order valence-corrected chi connectivity index (χ2v) is 3.53. The zero-order valence-electron chi connectivity index (χ0n) is 8.36. The van der Waals surface area contributed by atoms with Crippen LogP contribution in [0.1, 0.15) is 18.3 Å². The van der Waals surface area contributed by atoms with Crippen molar-refractivity contribution < 1.29 is 9.30 Å². The van der Waals surface area contributed by atoms with Gasteiger partial charge in [0, 0.05) is 0 Å². The zero-order chi connectivity index (χ0) is 10.4. The highest BCUT2D eigenvalue weighted by Crippen LogP contribution is 2.24. The summed E-state index contributed by atoms with van der Waals surface area (Å²) in [6.45, 7) is 2.61. The first kappa shape index (κ1) is 11.2. The van der Waals surface area contributed by atoms with Crippen LogP contribution in [0.2, 0.25) is 0 Å². The second-order valence-electron chi connectivity index (χ2n) is 2.80. The molecule has 1 N–H and O–H groups in total. The van der Waals surface area contributed by atoms with Gasteiger partial charge in [0.05, 0.1) is 6.61 Å². The molecule has 0 amide bonds. The maximum Gasteiger partial charge on any atom is 0.179 e. The molecule has 1 aromatic carbocycles. The summed E-state index contributed by atoms with van der Waals surface area (Å²) in [5.74, 6) is 0.708. The number of ether oxygens (including phenoxy) is 1. The Balaban J connectivity index is 2.76. The third kappa shape index (κ3) is 2.79. The summed E-state index contributed by atoms with van der Waals surface area (Å²) in [5, 5.41) is 2.95. The van der Waals surface area contributed by atoms with Gasteiger partial charge in [0.1, 0.15) is 11.5 Å².